The van der Waals surface area contributed by atoms with Crippen molar-refractivity contribution < 1.29 is 18.7 Å². The van der Waals surface area contributed by atoms with Crippen LogP contribution < -0.4 is 0 Å². The summed E-state index contributed by atoms with van der Waals surface area (Å²) in [4.78, 5) is 17.1. The summed E-state index contributed by atoms with van der Waals surface area (Å²) in [5.74, 6) is -0.284. The molecule has 4 nitrogen and oxygen atoms in total. The lowest BCUT2D eigenvalue weighted by Crippen LogP contribution is -2.23. The van der Waals surface area contributed by atoms with E-state index in [0.29, 0.717) is 12.0 Å². The highest BCUT2D eigenvalue weighted by Crippen LogP contribution is 2.35. The summed E-state index contributed by atoms with van der Waals surface area (Å²) in [6.07, 6.45) is 3.16. The predicted molar refractivity (Wildman–Crippen MR) is 147 cm³/mol. The summed E-state index contributed by atoms with van der Waals surface area (Å²) >= 11 is 0. The van der Waals surface area contributed by atoms with Gasteiger partial charge in [-0.05, 0) is 67.3 Å². The number of rotatable bonds is 8. The number of benzene rings is 3. The molecule has 5 rings (SSSR count). The fraction of sp³-hybridized carbons (Fsp3) is 0.212. The van der Waals surface area contributed by atoms with Crippen LogP contribution in [0, 0.1) is 19.7 Å². The summed E-state index contributed by atoms with van der Waals surface area (Å²) in [6.45, 7) is 5.66. The number of ketones is 1. The Balaban J connectivity index is 1.39. The number of hydrogen-bond acceptors (Lipinski definition) is 4. The molecule has 2 atom stereocenters. The number of carbonyl (C=O) groups excluding carboxylic acids is 1. The van der Waals surface area contributed by atoms with Crippen molar-refractivity contribution in [2.24, 2.45) is 0 Å². The van der Waals surface area contributed by atoms with E-state index in [-0.39, 0.29) is 29.4 Å². The molecule has 0 aliphatic carbocycles. The molecule has 2 aromatic heterocycles. The number of nitrogens with zero attached hydrogens (tertiary/aromatic N) is 1. The van der Waals surface area contributed by atoms with E-state index in [0.717, 1.165) is 28.3 Å². The average Bonchev–Trinajstić information content (AvgIpc) is 3.33. The van der Waals surface area contributed by atoms with Crippen LogP contribution in [0.5, 0.6) is 0 Å². The van der Waals surface area contributed by atoms with E-state index in [1.807, 2.05) is 30.3 Å². The zero-order valence-electron chi connectivity index (χ0n) is 21.7. The number of halogens is 1. The molecule has 192 valence electrons. The number of aryl methyl sites for hydroxylation is 2. The van der Waals surface area contributed by atoms with Crippen molar-refractivity contribution in [3.05, 3.63) is 136 Å². The van der Waals surface area contributed by atoms with Gasteiger partial charge in [0.1, 0.15) is 28.5 Å². The Hall–Kier alpha value is -4.09. The number of Topliss-reactive ketones (excluding diaryl/α,β-unsaturated/α-hetero) is 1. The number of fused-ring (bicyclic) bond motifs is 1. The van der Waals surface area contributed by atoms with Crippen molar-refractivity contribution in [1.29, 1.82) is 0 Å². The first kappa shape index (κ1) is 25.6. The maximum absolute atomic E-state index is 14.3. The largest absolute Gasteiger partial charge is 0.458 e. The van der Waals surface area contributed by atoms with Crippen molar-refractivity contribution in [3.63, 3.8) is 0 Å². The number of furan rings is 1. The lowest BCUT2D eigenvalue weighted by atomic mass is 9.83. The molecule has 3 aromatic carbocycles. The van der Waals surface area contributed by atoms with E-state index in [2.05, 4.69) is 49.2 Å². The SMILES string of the molecule is Cc1ccc([C@@H](CC(=O)Cc2ccc3oc(C(C)(O)c4ccncc4F)cc3c2)c2ccccc2)c(C)c1. The Morgan fingerprint density at radius 2 is 1.82 bits per heavy atom. The van der Waals surface area contributed by atoms with Crippen molar-refractivity contribution in [3.8, 4) is 0 Å². The first-order chi connectivity index (χ1) is 18.2. The van der Waals surface area contributed by atoms with E-state index in [9.17, 15) is 14.3 Å². The molecule has 5 aromatic rings. The second kappa shape index (κ2) is 10.3. The minimum Gasteiger partial charge on any atom is -0.458 e. The molecule has 0 aliphatic rings. The van der Waals surface area contributed by atoms with Gasteiger partial charge in [-0.15, -0.1) is 0 Å². The minimum atomic E-state index is -1.67. The van der Waals surface area contributed by atoms with Crippen LogP contribution in [0.1, 0.15) is 58.4 Å². The molecule has 0 bridgehead atoms. The van der Waals surface area contributed by atoms with Crippen LogP contribution in [0.25, 0.3) is 11.0 Å². The lowest BCUT2D eigenvalue weighted by molar-refractivity contribution is -0.118. The van der Waals surface area contributed by atoms with Crippen LogP contribution in [0.15, 0.2) is 95.7 Å². The first-order valence-corrected chi connectivity index (χ1v) is 12.7. The zero-order valence-corrected chi connectivity index (χ0v) is 21.7. The molecule has 0 saturated carbocycles. The highest BCUT2D eigenvalue weighted by atomic mass is 19.1. The van der Waals surface area contributed by atoms with Gasteiger partial charge >= 0.3 is 0 Å². The Morgan fingerprint density at radius 3 is 2.55 bits per heavy atom. The van der Waals surface area contributed by atoms with E-state index >= 15 is 0 Å². The quantitative estimate of drug-likeness (QED) is 0.242. The number of aromatic nitrogens is 1. The summed E-state index contributed by atoms with van der Waals surface area (Å²) < 4.78 is 20.2. The monoisotopic (exact) mass is 507 g/mol. The summed E-state index contributed by atoms with van der Waals surface area (Å²) in [5, 5.41) is 11.8. The van der Waals surface area contributed by atoms with Crippen molar-refractivity contribution in [1.82, 2.24) is 4.98 Å². The Bertz CT molecular complexity index is 1600. The van der Waals surface area contributed by atoms with Crippen LogP contribution in [-0.2, 0) is 16.8 Å². The van der Waals surface area contributed by atoms with Gasteiger partial charge < -0.3 is 9.52 Å². The van der Waals surface area contributed by atoms with Gasteiger partial charge in [0.25, 0.3) is 0 Å². The molecule has 0 aliphatic heterocycles. The average molecular weight is 508 g/mol. The minimum absolute atomic E-state index is 0.0288. The highest BCUT2D eigenvalue weighted by molar-refractivity contribution is 5.85. The van der Waals surface area contributed by atoms with Crippen LogP contribution in [0.2, 0.25) is 0 Å². The van der Waals surface area contributed by atoms with Gasteiger partial charge in [0.05, 0.1) is 6.20 Å². The van der Waals surface area contributed by atoms with Gasteiger partial charge in [-0.25, -0.2) is 4.39 Å². The van der Waals surface area contributed by atoms with Crippen LogP contribution in [0.3, 0.4) is 0 Å². The maximum Gasteiger partial charge on any atom is 0.148 e. The molecular formula is C33H30FNO3. The Kier molecular flexibility index (Phi) is 6.96. The van der Waals surface area contributed by atoms with Gasteiger partial charge in [0.2, 0.25) is 0 Å². The van der Waals surface area contributed by atoms with Gasteiger partial charge in [-0.2, -0.15) is 0 Å². The van der Waals surface area contributed by atoms with Gasteiger partial charge in [-0.3, -0.25) is 9.78 Å². The normalized spacial score (nSPS) is 13.8. The molecule has 0 fully saturated rings. The van der Waals surface area contributed by atoms with Crippen LogP contribution in [-0.4, -0.2) is 15.9 Å². The lowest BCUT2D eigenvalue weighted by Gasteiger charge is -2.21. The van der Waals surface area contributed by atoms with Crippen molar-refractivity contribution in [2.45, 2.75) is 45.1 Å². The van der Waals surface area contributed by atoms with E-state index in [1.165, 1.54) is 30.3 Å². The number of pyridine rings is 1. The summed E-state index contributed by atoms with van der Waals surface area (Å²) in [7, 11) is 0. The van der Waals surface area contributed by atoms with Crippen molar-refractivity contribution in [2.75, 3.05) is 0 Å². The molecule has 0 radical (unpaired) electrons. The Labute approximate surface area is 221 Å². The topological polar surface area (TPSA) is 63.3 Å². The molecule has 5 heteroatoms. The second-order valence-electron chi connectivity index (χ2n) is 10.2. The fourth-order valence-electron chi connectivity index (χ4n) is 5.18. The molecular weight excluding hydrogens is 477 g/mol. The summed E-state index contributed by atoms with van der Waals surface area (Å²) in [6, 6.07) is 25.2. The van der Waals surface area contributed by atoms with Crippen LogP contribution in [0.4, 0.5) is 4.39 Å². The molecule has 2 heterocycles. The van der Waals surface area contributed by atoms with E-state index in [1.54, 1.807) is 12.1 Å². The van der Waals surface area contributed by atoms with Gasteiger partial charge in [-0.1, -0.05) is 60.2 Å². The molecule has 1 unspecified atom stereocenters. The zero-order chi connectivity index (χ0) is 26.9. The molecule has 0 spiro atoms. The number of aliphatic hydroxyl groups is 1. The smallest absolute Gasteiger partial charge is 0.148 e. The molecule has 0 amide bonds. The molecule has 38 heavy (non-hydrogen) atoms. The molecule has 0 saturated heterocycles. The standard InChI is InChI=1S/C33H30FNO3/c1-21-9-11-27(22(2)15-21)28(24-7-5-4-6-8-24)19-26(36)17-23-10-12-31-25(16-23)18-32(38-31)33(3,37)29-13-14-35-20-30(29)34/h4-16,18,20,28,37H,17,19H2,1-3H3/t28-,33?/m0/s1. The third-order valence-corrected chi connectivity index (χ3v) is 7.19. The van der Waals surface area contributed by atoms with E-state index < -0.39 is 11.4 Å². The highest BCUT2D eigenvalue weighted by Gasteiger charge is 2.32. The number of carbonyl (C=O) groups is 1. The predicted octanol–water partition coefficient (Wildman–Crippen LogP) is 7.17. The second-order valence-corrected chi connectivity index (χ2v) is 10.2. The van der Waals surface area contributed by atoms with Gasteiger partial charge in [0.15, 0.2) is 0 Å². The van der Waals surface area contributed by atoms with E-state index in [4.69, 9.17) is 4.42 Å². The Morgan fingerprint density at radius 1 is 1.03 bits per heavy atom. The third kappa shape index (κ3) is 5.15. The maximum atomic E-state index is 14.3. The van der Waals surface area contributed by atoms with Gasteiger partial charge in [0, 0.05) is 35.9 Å². The van der Waals surface area contributed by atoms with Crippen molar-refractivity contribution >= 4 is 16.8 Å². The molecule has 1 N–H and O–H groups in total. The fourth-order valence-corrected chi connectivity index (χ4v) is 5.18. The number of hydrogen-bond donors (Lipinski definition) is 1. The first-order valence-electron chi connectivity index (χ1n) is 12.7. The summed E-state index contributed by atoms with van der Waals surface area (Å²) in [5.41, 5.74) is 4.49. The van der Waals surface area contributed by atoms with Crippen LogP contribution >= 0.6 is 0 Å². The third-order valence-electron chi connectivity index (χ3n) is 7.19.